The smallest absolute Gasteiger partial charge is 0.264 e. The van der Waals surface area contributed by atoms with Crippen molar-refractivity contribution >= 4 is 27.5 Å². The van der Waals surface area contributed by atoms with E-state index < -0.39 is 28.5 Å². The molecule has 8 heteroatoms. The zero-order chi connectivity index (χ0) is 27.0. The molecule has 3 aromatic rings. The van der Waals surface area contributed by atoms with Gasteiger partial charge in [-0.1, -0.05) is 60.7 Å². The van der Waals surface area contributed by atoms with Crippen molar-refractivity contribution in [1.82, 2.24) is 10.2 Å². The van der Waals surface area contributed by atoms with Crippen LogP contribution in [0, 0.1) is 6.92 Å². The normalized spacial score (nSPS) is 12.1. The lowest BCUT2D eigenvalue weighted by atomic mass is 10.1. The Morgan fingerprint density at radius 3 is 2.08 bits per heavy atom. The fourth-order valence-electron chi connectivity index (χ4n) is 4.01. The molecule has 196 valence electrons. The van der Waals surface area contributed by atoms with Gasteiger partial charge in [0.2, 0.25) is 11.8 Å². The quantitative estimate of drug-likeness (QED) is 0.410. The highest BCUT2D eigenvalue weighted by atomic mass is 32.2. The molecule has 0 fully saturated rings. The fourth-order valence-corrected chi connectivity index (χ4v) is 5.43. The Morgan fingerprint density at radius 1 is 0.865 bits per heavy atom. The Labute approximate surface area is 220 Å². The van der Waals surface area contributed by atoms with E-state index in [0.29, 0.717) is 12.1 Å². The number of benzene rings is 3. The number of rotatable bonds is 11. The Bertz CT molecular complexity index is 1290. The third-order valence-corrected chi connectivity index (χ3v) is 7.77. The summed E-state index contributed by atoms with van der Waals surface area (Å²) in [6, 6.07) is 23.9. The van der Waals surface area contributed by atoms with E-state index >= 15 is 0 Å². The molecule has 1 atom stereocenters. The van der Waals surface area contributed by atoms with E-state index in [9.17, 15) is 18.0 Å². The number of sulfonamides is 1. The number of amides is 2. The molecule has 1 unspecified atom stereocenters. The molecule has 0 saturated heterocycles. The molecule has 0 aliphatic rings. The maximum absolute atomic E-state index is 13.8. The SMILES string of the molecule is Cc1cccc(N(CC(=O)N(CCc2ccccc2)C(C)C(=O)NC(C)C)S(=O)(=O)c2ccccc2)c1. The topological polar surface area (TPSA) is 86.8 Å². The van der Waals surface area contributed by atoms with Crippen LogP contribution in [0.4, 0.5) is 5.69 Å². The lowest BCUT2D eigenvalue weighted by Gasteiger charge is -2.32. The Morgan fingerprint density at radius 2 is 1.49 bits per heavy atom. The van der Waals surface area contributed by atoms with E-state index in [4.69, 9.17) is 0 Å². The van der Waals surface area contributed by atoms with Crippen molar-refractivity contribution in [3.05, 3.63) is 96.1 Å². The van der Waals surface area contributed by atoms with Crippen molar-refractivity contribution < 1.29 is 18.0 Å². The fraction of sp³-hybridized carbons (Fsp3) is 0.310. The van der Waals surface area contributed by atoms with Gasteiger partial charge in [-0.05, 0) is 69.5 Å². The van der Waals surface area contributed by atoms with Crippen molar-refractivity contribution in [2.24, 2.45) is 0 Å². The van der Waals surface area contributed by atoms with E-state index in [1.54, 1.807) is 43.3 Å². The van der Waals surface area contributed by atoms with Crippen molar-refractivity contribution in [1.29, 1.82) is 0 Å². The second-order valence-electron chi connectivity index (χ2n) is 9.33. The summed E-state index contributed by atoms with van der Waals surface area (Å²) in [5.41, 5.74) is 2.27. The molecule has 0 bridgehead atoms. The van der Waals surface area contributed by atoms with Gasteiger partial charge in [0.1, 0.15) is 12.6 Å². The van der Waals surface area contributed by atoms with Crippen molar-refractivity contribution in [2.75, 3.05) is 17.4 Å². The lowest BCUT2D eigenvalue weighted by molar-refractivity contribution is -0.139. The number of nitrogens with one attached hydrogen (secondary N) is 1. The summed E-state index contributed by atoms with van der Waals surface area (Å²) in [4.78, 5) is 28.2. The van der Waals surface area contributed by atoms with Gasteiger partial charge in [-0.15, -0.1) is 0 Å². The molecule has 7 nitrogen and oxygen atoms in total. The van der Waals surface area contributed by atoms with Crippen LogP contribution in [-0.4, -0.2) is 50.3 Å². The van der Waals surface area contributed by atoms with Gasteiger partial charge in [0, 0.05) is 12.6 Å². The highest BCUT2D eigenvalue weighted by Crippen LogP contribution is 2.25. The molecule has 3 rings (SSSR count). The molecule has 0 radical (unpaired) electrons. The number of aryl methyl sites for hydroxylation is 1. The molecule has 3 aromatic carbocycles. The number of hydrogen-bond donors (Lipinski definition) is 1. The first-order valence-electron chi connectivity index (χ1n) is 12.4. The van der Waals surface area contributed by atoms with Crippen molar-refractivity contribution in [3.8, 4) is 0 Å². The van der Waals surface area contributed by atoms with Crippen LogP contribution >= 0.6 is 0 Å². The van der Waals surface area contributed by atoms with E-state index in [1.165, 1.54) is 17.0 Å². The minimum atomic E-state index is -4.05. The standard InChI is InChI=1S/C29H35N3O4S/c1-22(2)30-29(34)24(4)31(19-18-25-13-7-5-8-14-25)28(33)21-32(26-15-11-12-23(3)20-26)37(35,36)27-16-9-6-10-17-27/h5-17,20,22,24H,18-19,21H2,1-4H3,(H,30,34). The molecule has 0 saturated carbocycles. The van der Waals surface area contributed by atoms with E-state index in [0.717, 1.165) is 15.4 Å². The first-order valence-corrected chi connectivity index (χ1v) is 13.8. The van der Waals surface area contributed by atoms with Gasteiger partial charge in [0.25, 0.3) is 10.0 Å². The van der Waals surface area contributed by atoms with Crippen LogP contribution in [0.25, 0.3) is 0 Å². The summed E-state index contributed by atoms with van der Waals surface area (Å²) in [7, 11) is -4.05. The molecular weight excluding hydrogens is 486 g/mol. The van der Waals surface area contributed by atoms with Gasteiger partial charge >= 0.3 is 0 Å². The highest BCUT2D eigenvalue weighted by Gasteiger charge is 2.32. The van der Waals surface area contributed by atoms with Crippen LogP contribution in [0.5, 0.6) is 0 Å². The minimum Gasteiger partial charge on any atom is -0.352 e. The number of anilines is 1. The number of carbonyl (C=O) groups excluding carboxylic acids is 2. The van der Waals surface area contributed by atoms with Gasteiger partial charge in [0.05, 0.1) is 10.6 Å². The summed E-state index contributed by atoms with van der Waals surface area (Å²) in [6.07, 6.45) is 0.530. The first-order chi connectivity index (χ1) is 17.6. The summed E-state index contributed by atoms with van der Waals surface area (Å²) < 4.78 is 28.5. The molecule has 0 spiro atoms. The summed E-state index contributed by atoms with van der Waals surface area (Å²) in [5, 5.41) is 2.86. The van der Waals surface area contributed by atoms with E-state index in [2.05, 4.69) is 5.32 Å². The Kier molecular flexibility index (Phi) is 9.47. The largest absolute Gasteiger partial charge is 0.352 e. The maximum Gasteiger partial charge on any atom is 0.264 e. The zero-order valence-corrected chi connectivity index (χ0v) is 22.6. The predicted molar refractivity (Wildman–Crippen MR) is 147 cm³/mol. The van der Waals surface area contributed by atoms with Crippen LogP contribution in [0.15, 0.2) is 89.8 Å². The molecule has 2 amide bonds. The summed E-state index contributed by atoms with van der Waals surface area (Å²) in [5.74, 6) is -0.743. The number of carbonyl (C=O) groups is 2. The monoisotopic (exact) mass is 521 g/mol. The predicted octanol–water partition coefficient (Wildman–Crippen LogP) is 4.17. The molecular formula is C29H35N3O4S. The van der Waals surface area contributed by atoms with Crippen LogP contribution in [0.1, 0.15) is 31.9 Å². The molecule has 0 aliphatic carbocycles. The average Bonchev–Trinajstić information content (AvgIpc) is 2.88. The van der Waals surface area contributed by atoms with Crippen LogP contribution in [-0.2, 0) is 26.0 Å². The first kappa shape index (κ1) is 27.9. The second kappa shape index (κ2) is 12.5. The molecule has 1 N–H and O–H groups in total. The third-order valence-electron chi connectivity index (χ3n) is 5.98. The maximum atomic E-state index is 13.8. The summed E-state index contributed by atoms with van der Waals surface area (Å²) in [6.45, 7) is 7.07. The second-order valence-corrected chi connectivity index (χ2v) is 11.2. The van der Waals surface area contributed by atoms with Gasteiger partial charge in [-0.3, -0.25) is 13.9 Å². The molecule has 0 aromatic heterocycles. The van der Waals surface area contributed by atoms with Crippen LogP contribution in [0.2, 0.25) is 0 Å². The lowest BCUT2D eigenvalue weighted by Crippen LogP contribution is -2.53. The Balaban J connectivity index is 1.96. The minimum absolute atomic E-state index is 0.0886. The highest BCUT2D eigenvalue weighted by molar-refractivity contribution is 7.92. The van der Waals surface area contributed by atoms with E-state index in [-0.39, 0.29) is 23.4 Å². The zero-order valence-electron chi connectivity index (χ0n) is 21.8. The molecule has 0 heterocycles. The van der Waals surface area contributed by atoms with E-state index in [1.807, 2.05) is 57.2 Å². The third kappa shape index (κ3) is 7.43. The van der Waals surface area contributed by atoms with Crippen LogP contribution in [0.3, 0.4) is 0 Å². The van der Waals surface area contributed by atoms with Gasteiger partial charge in [0.15, 0.2) is 0 Å². The van der Waals surface area contributed by atoms with Crippen molar-refractivity contribution in [2.45, 2.75) is 51.1 Å². The van der Waals surface area contributed by atoms with Crippen molar-refractivity contribution in [3.63, 3.8) is 0 Å². The van der Waals surface area contributed by atoms with Gasteiger partial charge < -0.3 is 10.2 Å². The number of nitrogens with zero attached hydrogens (tertiary/aromatic N) is 2. The Hall–Kier alpha value is -3.65. The van der Waals surface area contributed by atoms with Gasteiger partial charge in [-0.2, -0.15) is 0 Å². The van der Waals surface area contributed by atoms with Crippen LogP contribution < -0.4 is 9.62 Å². The van der Waals surface area contributed by atoms with Gasteiger partial charge in [-0.25, -0.2) is 8.42 Å². The summed E-state index contributed by atoms with van der Waals surface area (Å²) >= 11 is 0. The number of hydrogen-bond acceptors (Lipinski definition) is 4. The molecule has 37 heavy (non-hydrogen) atoms. The average molecular weight is 522 g/mol. The molecule has 0 aliphatic heterocycles.